The first kappa shape index (κ1) is 17.2. The number of urea groups is 1. The van der Waals surface area contributed by atoms with E-state index in [0.29, 0.717) is 12.1 Å². The maximum atomic E-state index is 13.5. The highest BCUT2D eigenvalue weighted by Crippen LogP contribution is 2.32. The monoisotopic (exact) mass is 343 g/mol. The zero-order valence-electron chi connectivity index (χ0n) is 14.4. The predicted molar refractivity (Wildman–Crippen MR) is 93.9 cm³/mol. The van der Waals surface area contributed by atoms with Crippen LogP contribution in [-0.4, -0.2) is 22.5 Å². The first-order valence-electron chi connectivity index (χ1n) is 8.45. The summed E-state index contributed by atoms with van der Waals surface area (Å²) >= 11 is 0. The number of H-pyrrole nitrogens is 1. The molecule has 2 aromatic rings. The predicted octanol–water partition coefficient (Wildman–Crippen LogP) is 3.18. The Bertz CT molecular complexity index is 847. The van der Waals surface area contributed by atoms with Crippen LogP contribution in [0.5, 0.6) is 0 Å². The maximum absolute atomic E-state index is 13.5. The number of halogens is 1. The van der Waals surface area contributed by atoms with Crippen LogP contribution < -0.4 is 10.9 Å². The molecule has 1 aromatic heterocycles. The van der Waals surface area contributed by atoms with Gasteiger partial charge in [0, 0.05) is 17.8 Å². The minimum absolute atomic E-state index is 0.131. The van der Waals surface area contributed by atoms with Gasteiger partial charge >= 0.3 is 6.03 Å². The van der Waals surface area contributed by atoms with Gasteiger partial charge in [0.05, 0.1) is 12.6 Å². The molecule has 1 aromatic carbocycles. The molecule has 6 heteroatoms. The lowest BCUT2D eigenvalue weighted by atomic mass is 10.0. The highest BCUT2D eigenvalue weighted by molar-refractivity contribution is 5.75. The Morgan fingerprint density at radius 3 is 2.88 bits per heavy atom. The van der Waals surface area contributed by atoms with Crippen molar-refractivity contribution in [2.75, 3.05) is 6.54 Å². The standard InChI is InChI=1S/C19H22FN3O2/c1-12-9-13(2)22-18(24)16(12)11-21-19(25)23-8-4-7-17(23)14-5-3-6-15(20)10-14/h3,5-6,9-10,17H,4,7-8,11H2,1-2H3,(H,21,25)(H,22,24). The van der Waals surface area contributed by atoms with Crippen molar-refractivity contribution in [3.05, 3.63) is 68.9 Å². The smallest absolute Gasteiger partial charge is 0.318 e. The average Bonchev–Trinajstić information content (AvgIpc) is 3.03. The molecule has 0 aliphatic carbocycles. The van der Waals surface area contributed by atoms with Gasteiger partial charge in [-0.15, -0.1) is 0 Å². The summed E-state index contributed by atoms with van der Waals surface area (Å²) < 4.78 is 13.5. The fraction of sp³-hybridized carbons (Fsp3) is 0.368. The molecule has 5 nitrogen and oxygen atoms in total. The highest BCUT2D eigenvalue weighted by atomic mass is 19.1. The van der Waals surface area contributed by atoms with E-state index in [2.05, 4.69) is 10.3 Å². The normalized spacial score (nSPS) is 16.9. The molecule has 2 N–H and O–H groups in total. The minimum Gasteiger partial charge on any atom is -0.334 e. The number of benzene rings is 1. The van der Waals surface area contributed by atoms with Gasteiger partial charge in [0.2, 0.25) is 0 Å². The largest absolute Gasteiger partial charge is 0.334 e. The molecular formula is C19H22FN3O2. The minimum atomic E-state index is -0.299. The van der Waals surface area contributed by atoms with Crippen LogP contribution in [0.2, 0.25) is 0 Å². The molecule has 132 valence electrons. The van der Waals surface area contributed by atoms with Crippen LogP contribution in [0.25, 0.3) is 0 Å². The van der Waals surface area contributed by atoms with Gasteiger partial charge in [-0.2, -0.15) is 0 Å². The van der Waals surface area contributed by atoms with Crippen molar-refractivity contribution in [2.24, 2.45) is 0 Å². The summed E-state index contributed by atoms with van der Waals surface area (Å²) in [5.41, 5.74) is 2.83. The van der Waals surface area contributed by atoms with E-state index in [0.717, 1.165) is 29.7 Å². The number of hydrogen-bond acceptors (Lipinski definition) is 2. The number of aryl methyl sites for hydroxylation is 2. The Morgan fingerprint density at radius 1 is 1.36 bits per heavy atom. The van der Waals surface area contributed by atoms with Crippen LogP contribution >= 0.6 is 0 Å². The summed E-state index contributed by atoms with van der Waals surface area (Å²) in [5.74, 6) is -0.299. The summed E-state index contributed by atoms with van der Waals surface area (Å²) in [6, 6.07) is 7.90. The molecule has 2 heterocycles. The van der Waals surface area contributed by atoms with Crippen molar-refractivity contribution < 1.29 is 9.18 Å². The van der Waals surface area contributed by atoms with Crippen molar-refractivity contribution in [3.8, 4) is 0 Å². The second kappa shape index (κ2) is 7.09. The van der Waals surface area contributed by atoms with E-state index in [-0.39, 0.29) is 30.0 Å². The third-order valence-electron chi connectivity index (χ3n) is 4.66. The second-order valence-corrected chi connectivity index (χ2v) is 6.51. The Balaban J connectivity index is 1.72. The van der Waals surface area contributed by atoms with Gasteiger partial charge in [-0.1, -0.05) is 12.1 Å². The van der Waals surface area contributed by atoms with E-state index in [4.69, 9.17) is 0 Å². The van der Waals surface area contributed by atoms with Gasteiger partial charge in [0.15, 0.2) is 0 Å². The molecule has 25 heavy (non-hydrogen) atoms. The Labute approximate surface area is 145 Å². The number of carbonyl (C=O) groups excluding carboxylic acids is 1. The first-order chi connectivity index (χ1) is 12.0. The van der Waals surface area contributed by atoms with Crippen molar-refractivity contribution >= 4 is 6.03 Å². The van der Waals surface area contributed by atoms with Crippen molar-refractivity contribution in [1.29, 1.82) is 0 Å². The van der Waals surface area contributed by atoms with Crippen LogP contribution in [-0.2, 0) is 6.54 Å². The first-order valence-corrected chi connectivity index (χ1v) is 8.45. The molecule has 0 saturated carbocycles. The number of hydrogen-bond donors (Lipinski definition) is 2. The highest BCUT2D eigenvalue weighted by Gasteiger charge is 2.30. The molecule has 1 fully saturated rings. The summed E-state index contributed by atoms with van der Waals surface area (Å²) in [6.45, 7) is 4.47. The van der Waals surface area contributed by atoms with Gasteiger partial charge in [0.25, 0.3) is 5.56 Å². The molecule has 2 amide bonds. The second-order valence-electron chi connectivity index (χ2n) is 6.51. The lowest BCUT2D eigenvalue weighted by Crippen LogP contribution is -2.40. The van der Waals surface area contributed by atoms with Crippen LogP contribution in [0.4, 0.5) is 9.18 Å². The summed E-state index contributed by atoms with van der Waals surface area (Å²) in [4.78, 5) is 29.1. The number of likely N-dealkylation sites (tertiary alicyclic amines) is 1. The van der Waals surface area contributed by atoms with Gasteiger partial charge in [-0.25, -0.2) is 9.18 Å². The van der Waals surface area contributed by atoms with E-state index in [9.17, 15) is 14.0 Å². The van der Waals surface area contributed by atoms with E-state index in [1.807, 2.05) is 26.0 Å². The summed E-state index contributed by atoms with van der Waals surface area (Å²) in [6.07, 6.45) is 1.68. The molecule has 0 spiro atoms. The van der Waals surface area contributed by atoms with Crippen molar-refractivity contribution in [2.45, 2.75) is 39.3 Å². The molecule has 3 rings (SSSR count). The topological polar surface area (TPSA) is 65.2 Å². The zero-order valence-corrected chi connectivity index (χ0v) is 14.4. The fourth-order valence-electron chi connectivity index (χ4n) is 3.44. The number of nitrogens with zero attached hydrogens (tertiary/aromatic N) is 1. The van der Waals surface area contributed by atoms with Gasteiger partial charge in [0.1, 0.15) is 5.82 Å². The van der Waals surface area contributed by atoms with Gasteiger partial charge in [-0.05, 0) is 56.0 Å². The SMILES string of the molecule is Cc1cc(C)c(CNC(=O)N2CCCC2c2cccc(F)c2)c(=O)[nH]1. The third-order valence-corrected chi connectivity index (χ3v) is 4.66. The summed E-state index contributed by atoms with van der Waals surface area (Å²) in [7, 11) is 0. The van der Waals surface area contributed by atoms with E-state index in [1.165, 1.54) is 12.1 Å². The average molecular weight is 343 g/mol. The number of amides is 2. The molecule has 1 atom stereocenters. The molecule has 1 saturated heterocycles. The third kappa shape index (κ3) is 3.73. The number of carbonyl (C=O) groups is 1. The molecule has 1 aliphatic rings. The zero-order chi connectivity index (χ0) is 18.0. The van der Waals surface area contributed by atoms with Crippen LogP contribution in [0.3, 0.4) is 0 Å². The fourth-order valence-corrected chi connectivity index (χ4v) is 3.44. The van der Waals surface area contributed by atoms with E-state index < -0.39 is 0 Å². The number of aromatic nitrogens is 1. The Morgan fingerprint density at radius 2 is 2.16 bits per heavy atom. The number of rotatable bonds is 3. The maximum Gasteiger partial charge on any atom is 0.318 e. The molecule has 0 bridgehead atoms. The van der Waals surface area contributed by atoms with Crippen molar-refractivity contribution in [1.82, 2.24) is 15.2 Å². The van der Waals surface area contributed by atoms with Crippen molar-refractivity contribution in [3.63, 3.8) is 0 Å². The number of pyridine rings is 1. The number of aromatic amines is 1. The lowest BCUT2D eigenvalue weighted by molar-refractivity contribution is 0.192. The summed E-state index contributed by atoms with van der Waals surface area (Å²) in [5, 5.41) is 2.83. The number of nitrogens with one attached hydrogen (secondary N) is 2. The Hall–Kier alpha value is -2.63. The molecule has 0 radical (unpaired) electrons. The van der Waals surface area contributed by atoms with Crippen LogP contribution in [0, 0.1) is 19.7 Å². The molecule has 1 unspecified atom stereocenters. The van der Waals surface area contributed by atoms with E-state index in [1.54, 1.807) is 11.0 Å². The molecular weight excluding hydrogens is 321 g/mol. The quantitative estimate of drug-likeness (QED) is 0.899. The van der Waals surface area contributed by atoms with E-state index >= 15 is 0 Å². The van der Waals surface area contributed by atoms with Gasteiger partial charge < -0.3 is 15.2 Å². The van der Waals surface area contributed by atoms with Crippen LogP contribution in [0.15, 0.2) is 35.1 Å². The Kier molecular flexibility index (Phi) is 4.88. The van der Waals surface area contributed by atoms with Crippen LogP contribution in [0.1, 0.15) is 41.3 Å². The molecule has 1 aliphatic heterocycles. The lowest BCUT2D eigenvalue weighted by Gasteiger charge is -2.25. The van der Waals surface area contributed by atoms with Gasteiger partial charge in [-0.3, -0.25) is 4.79 Å².